The Morgan fingerprint density at radius 1 is 1.04 bits per heavy atom. The molecule has 0 spiro atoms. The van der Waals surface area contributed by atoms with Gasteiger partial charge in [-0.2, -0.15) is 4.98 Å². The van der Waals surface area contributed by atoms with Crippen molar-refractivity contribution in [3.63, 3.8) is 0 Å². The summed E-state index contributed by atoms with van der Waals surface area (Å²) in [6.45, 7) is 2.54. The van der Waals surface area contributed by atoms with Gasteiger partial charge in [0.2, 0.25) is 11.7 Å². The first kappa shape index (κ1) is 17.8. The predicted octanol–water partition coefficient (Wildman–Crippen LogP) is 5.55. The molecule has 0 atom stereocenters. The van der Waals surface area contributed by atoms with Gasteiger partial charge in [0.15, 0.2) is 4.34 Å². The molecule has 0 aliphatic heterocycles. The van der Waals surface area contributed by atoms with E-state index >= 15 is 0 Å². The number of thiazole rings is 1. The molecular weight excluding hydrogens is 378 g/mol. The Morgan fingerprint density at radius 3 is 2.70 bits per heavy atom. The molecule has 2 aromatic carbocycles. The number of rotatable bonds is 7. The summed E-state index contributed by atoms with van der Waals surface area (Å²) >= 11 is 3.21. The number of nitrogens with zero attached hydrogens (tertiary/aromatic N) is 3. The third kappa shape index (κ3) is 4.20. The highest BCUT2D eigenvalue weighted by Gasteiger charge is 2.14. The molecule has 0 fully saturated rings. The molecule has 0 saturated carbocycles. The Labute approximate surface area is 165 Å². The highest BCUT2D eigenvalue weighted by Crippen LogP contribution is 2.31. The summed E-state index contributed by atoms with van der Waals surface area (Å²) in [4.78, 5) is 9.17. The number of hydrogen-bond donors (Lipinski definition) is 0. The van der Waals surface area contributed by atoms with Gasteiger partial charge < -0.3 is 9.26 Å². The average Bonchev–Trinajstić information content (AvgIpc) is 3.37. The van der Waals surface area contributed by atoms with E-state index in [4.69, 9.17) is 9.26 Å². The van der Waals surface area contributed by atoms with Crippen LogP contribution in [0.5, 0.6) is 5.75 Å². The van der Waals surface area contributed by atoms with Gasteiger partial charge in [0.1, 0.15) is 5.75 Å². The maximum atomic E-state index is 5.64. The molecule has 0 aliphatic carbocycles. The van der Waals surface area contributed by atoms with Gasteiger partial charge in [-0.15, -0.1) is 11.3 Å². The first-order valence-electron chi connectivity index (χ1n) is 8.52. The molecule has 2 heterocycles. The molecule has 0 aliphatic rings. The van der Waals surface area contributed by atoms with Gasteiger partial charge in [-0.05, 0) is 19.1 Å². The Balaban J connectivity index is 1.44. The Hall–Kier alpha value is -2.64. The number of thioether (sulfide) groups is 1. The maximum Gasteiger partial charge on any atom is 0.237 e. The molecule has 4 rings (SSSR count). The second-order valence-corrected chi connectivity index (χ2v) is 7.67. The first-order chi connectivity index (χ1) is 13.3. The first-order valence-corrected chi connectivity index (χ1v) is 10.4. The quantitative estimate of drug-likeness (QED) is 0.382. The minimum Gasteiger partial charge on any atom is -0.493 e. The van der Waals surface area contributed by atoms with E-state index in [1.165, 1.54) is 0 Å². The van der Waals surface area contributed by atoms with Crippen LogP contribution in [0.25, 0.3) is 22.6 Å². The largest absolute Gasteiger partial charge is 0.493 e. The fraction of sp³-hybridized carbons (Fsp3) is 0.150. The highest BCUT2D eigenvalue weighted by molar-refractivity contribution is 8.00. The van der Waals surface area contributed by atoms with E-state index in [1.54, 1.807) is 23.1 Å². The normalized spacial score (nSPS) is 10.9. The summed E-state index contributed by atoms with van der Waals surface area (Å²) in [6, 6.07) is 17.9. The number of para-hydroxylation sites is 1. The van der Waals surface area contributed by atoms with Crippen LogP contribution in [-0.4, -0.2) is 21.7 Å². The van der Waals surface area contributed by atoms with Crippen molar-refractivity contribution < 1.29 is 9.26 Å². The summed E-state index contributed by atoms with van der Waals surface area (Å²) in [6.07, 6.45) is 0. The van der Waals surface area contributed by atoms with Crippen molar-refractivity contribution in [3.8, 4) is 28.4 Å². The summed E-state index contributed by atoms with van der Waals surface area (Å²) < 4.78 is 12.0. The van der Waals surface area contributed by atoms with Crippen LogP contribution in [-0.2, 0) is 5.75 Å². The summed E-state index contributed by atoms with van der Waals surface area (Å²) in [5.41, 5.74) is 2.94. The molecular formula is C20H17N3O2S2. The third-order valence-corrected chi connectivity index (χ3v) is 5.77. The minimum atomic E-state index is 0.541. The molecule has 0 saturated heterocycles. The fourth-order valence-electron chi connectivity index (χ4n) is 2.54. The molecule has 2 aromatic heterocycles. The lowest BCUT2D eigenvalue weighted by Crippen LogP contribution is -1.94. The van der Waals surface area contributed by atoms with Gasteiger partial charge in [0.05, 0.1) is 23.6 Å². The van der Waals surface area contributed by atoms with Gasteiger partial charge in [-0.3, -0.25) is 0 Å². The lowest BCUT2D eigenvalue weighted by molar-refractivity contribution is 0.341. The standard InChI is InChI=1S/C20H17N3O2S2/c1-2-24-17-11-7-6-10-15(17)19-22-18(25-23-19)13-27-20-21-16(12-26-20)14-8-4-3-5-9-14/h3-12H,2,13H2,1H3. The molecule has 4 aromatic rings. The summed E-state index contributed by atoms with van der Waals surface area (Å²) in [5, 5.41) is 6.16. The zero-order valence-electron chi connectivity index (χ0n) is 14.7. The van der Waals surface area contributed by atoms with Crippen LogP contribution in [0.1, 0.15) is 12.8 Å². The van der Waals surface area contributed by atoms with Gasteiger partial charge in [0.25, 0.3) is 0 Å². The SMILES string of the molecule is CCOc1ccccc1-c1noc(CSc2nc(-c3ccccc3)cs2)n1. The monoisotopic (exact) mass is 395 g/mol. The van der Waals surface area contributed by atoms with Crippen molar-refractivity contribution in [3.05, 3.63) is 65.9 Å². The molecule has 136 valence electrons. The molecule has 0 bridgehead atoms. The Morgan fingerprint density at radius 2 is 1.85 bits per heavy atom. The zero-order valence-corrected chi connectivity index (χ0v) is 16.3. The molecule has 0 unspecified atom stereocenters. The van der Waals surface area contributed by atoms with E-state index in [0.29, 0.717) is 24.1 Å². The van der Waals surface area contributed by atoms with E-state index in [0.717, 1.165) is 26.9 Å². The molecule has 7 heteroatoms. The van der Waals surface area contributed by atoms with Gasteiger partial charge in [-0.1, -0.05) is 59.4 Å². The molecule has 27 heavy (non-hydrogen) atoms. The summed E-state index contributed by atoms with van der Waals surface area (Å²) in [5.74, 6) is 2.44. The maximum absolute atomic E-state index is 5.64. The van der Waals surface area contributed by atoms with Crippen LogP contribution < -0.4 is 4.74 Å². The molecule has 5 nitrogen and oxygen atoms in total. The Kier molecular flexibility index (Phi) is 5.50. The Bertz CT molecular complexity index is 1010. The molecule has 0 radical (unpaired) electrons. The van der Waals surface area contributed by atoms with Gasteiger partial charge in [-0.25, -0.2) is 4.98 Å². The predicted molar refractivity (Wildman–Crippen MR) is 108 cm³/mol. The van der Waals surface area contributed by atoms with Crippen molar-refractivity contribution in [2.24, 2.45) is 0 Å². The number of benzene rings is 2. The second kappa shape index (κ2) is 8.37. The van der Waals surface area contributed by atoms with Crippen LogP contribution in [0.2, 0.25) is 0 Å². The van der Waals surface area contributed by atoms with E-state index in [-0.39, 0.29) is 0 Å². The highest BCUT2D eigenvalue weighted by atomic mass is 32.2. The van der Waals surface area contributed by atoms with E-state index in [1.807, 2.05) is 49.4 Å². The smallest absolute Gasteiger partial charge is 0.237 e. The molecule has 0 amide bonds. The van der Waals surface area contributed by atoms with Crippen LogP contribution in [0.3, 0.4) is 0 Å². The third-order valence-electron chi connectivity index (χ3n) is 3.77. The number of hydrogen-bond acceptors (Lipinski definition) is 7. The van der Waals surface area contributed by atoms with Crippen molar-refractivity contribution in [1.82, 2.24) is 15.1 Å². The van der Waals surface area contributed by atoms with Crippen LogP contribution in [0, 0.1) is 0 Å². The lowest BCUT2D eigenvalue weighted by atomic mass is 10.2. The number of ether oxygens (including phenoxy) is 1. The minimum absolute atomic E-state index is 0.541. The lowest BCUT2D eigenvalue weighted by Gasteiger charge is -2.05. The van der Waals surface area contributed by atoms with Crippen LogP contribution >= 0.6 is 23.1 Å². The summed E-state index contributed by atoms with van der Waals surface area (Å²) in [7, 11) is 0. The van der Waals surface area contributed by atoms with E-state index in [9.17, 15) is 0 Å². The van der Waals surface area contributed by atoms with Crippen molar-refractivity contribution in [2.75, 3.05) is 6.61 Å². The van der Waals surface area contributed by atoms with Crippen molar-refractivity contribution >= 4 is 23.1 Å². The van der Waals surface area contributed by atoms with Gasteiger partial charge >= 0.3 is 0 Å². The van der Waals surface area contributed by atoms with Crippen LogP contribution in [0.4, 0.5) is 0 Å². The second-order valence-electron chi connectivity index (χ2n) is 5.59. The molecule has 0 N–H and O–H groups in total. The van der Waals surface area contributed by atoms with E-state index < -0.39 is 0 Å². The van der Waals surface area contributed by atoms with Crippen molar-refractivity contribution in [2.45, 2.75) is 17.0 Å². The van der Waals surface area contributed by atoms with Crippen molar-refractivity contribution in [1.29, 1.82) is 0 Å². The number of aromatic nitrogens is 3. The average molecular weight is 396 g/mol. The van der Waals surface area contributed by atoms with E-state index in [2.05, 4.69) is 32.6 Å². The van der Waals surface area contributed by atoms with Crippen LogP contribution in [0.15, 0.2) is 68.8 Å². The van der Waals surface area contributed by atoms with Gasteiger partial charge in [0, 0.05) is 10.9 Å². The fourth-order valence-corrected chi connectivity index (χ4v) is 4.22. The zero-order chi connectivity index (χ0) is 18.5. The topological polar surface area (TPSA) is 61.0 Å².